The van der Waals surface area contributed by atoms with Gasteiger partial charge in [0.05, 0.1) is 0 Å². The van der Waals surface area contributed by atoms with Crippen molar-refractivity contribution in [3.05, 3.63) is 0 Å². The molecule has 0 spiro atoms. The topological polar surface area (TPSA) is 289 Å². The van der Waals surface area contributed by atoms with Crippen LogP contribution in [0.3, 0.4) is 0 Å². The average Bonchev–Trinajstić information content (AvgIpc) is 2.24. The SMILES string of the molecule is O=[P+]([O-])O[P+](=O)[O-].O=[P+]([O-])O[P+](=O)[O-].O=[P+]([O-])O[P+](=O)[O-].OCCl.[U]. The molecule has 6 unspecified atom stereocenters. The zero-order valence-electron chi connectivity index (χ0n) is 10.8. The summed E-state index contributed by atoms with van der Waals surface area (Å²) in [5, 5.41) is 7.33. The van der Waals surface area contributed by atoms with E-state index in [0.717, 1.165) is 0 Å². The van der Waals surface area contributed by atoms with Gasteiger partial charge in [0.1, 0.15) is 19.0 Å². The smallest absolute Gasteiger partial charge is 0.543 e. The van der Waals surface area contributed by atoms with Gasteiger partial charge in [0.2, 0.25) is 0 Å². The molecule has 0 saturated carbocycles. The monoisotopic (exact) mass is 730 g/mol. The van der Waals surface area contributed by atoms with Crippen molar-refractivity contribution in [2.75, 3.05) is 6.07 Å². The number of halogens is 1. The van der Waals surface area contributed by atoms with Gasteiger partial charge < -0.3 is 34.5 Å². The van der Waals surface area contributed by atoms with E-state index < -0.39 is 49.5 Å². The van der Waals surface area contributed by atoms with E-state index >= 15 is 0 Å². The first-order chi connectivity index (χ1) is 10.8. The number of aliphatic hydroxyl groups excluding tert-OH is 1. The zero-order valence-corrected chi connectivity index (χ0v) is 21.1. The molecule has 0 saturated heterocycles. The standard InChI is InChI=1S/CH3ClO.3O5P2.U/c2-1-3;3*1-6(2)5-7(3)4;/h3H,1H2;;;;. The number of rotatable bonds is 6. The Morgan fingerprint density at radius 1 is 0.600 bits per heavy atom. The summed E-state index contributed by atoms with van der Waals surface area (Å²) in [6.45, 7) is 0. The first kappa shape index (κ1) is 37.3. The molecule has 0 heterocycles. The van der Waals surface area contributed by atoms with E-state index in [1.807, 2.05) is 0 Å². The van der Waals surface area contributed by atoms with E-state index in [1.54, 1.807) is 0 Å². The molecule has 0 fully saturated rings. The Kier molecular flexibility index (Phi) is 41.4. The van der Waals surface area contributed by atoms with Gasteiger partial charge in [-0.05, 0) is 27.4 Å². The molecule has 0 aromatic heterocycles. The maximum absolute atomic E-state index is 9.24. The molecule has 6 atom stereocenters. The zero-order chi connectivity index (χ0) is 20.3. The number of hydrogen-bond acceptors (Lipinski definition) is 16. The molecule has 0 aliphatic rings. The first-order valence-electron chi connectivity index (χ1n) is 3.87. The van der Waals surface area contributed by atoms with Crippen LogP contribution in [0.5, 0.6) is 0 Å². The molecular formula is CH3ClO16P6U. The fraction of sp³-hybridized carbons (Fsp3) is 1.00. The summed E-state index contributed by atoms with van der Waals surface area (Å²) in [4.78, 5) is 55.4. The number of aliphatic hydroxyl groups is 1. The summed E-state index contributed by atoms with van der Waals surface area (Å²) < 4.78 is 64.9. The van der Waals surface area contributed by atoms with Gasteiger partial charge in [-0.1, -0.05) is 11.6 Å². The first-order valence-corrected chi connectivity index (χ1v) is 11.0. The van der Waals surface area contributed by atoms with Gasteiger partial charge >= 0.3 is 49.5 Å². The maximum Gasteiger partial charge on any atom is 0.543 e. The third-order valence-electron chi connectivity index (χ3n) is 0.400. The molecule has 0 aromatic rings. The summed E-state index contributed by atoms with van der Waals surface area (Å²) in [6, 6.07) is -0.278. The molecule has 0 rings (SSSR count). The third-order valence-corrected chi connectivity index (χ3v) is 3.60. The number of alkyl halides is 1. The van der Waals surface area contributed by atoms with Gasteiger partial charge in [0.25, 0.3) is 0 Å². The molecule has 0 aromatic carbocycles. The number of hydrogen-bond donors (Lipinski definition) is 1. The maximum atomic E-state index is 9.24. The Bertz CT molecular complexity index is 341. The van der Waals surface area contributed by atoms with E-state index in [-0.39, 0.29) is 37.2 Å². The van der Waals surface area contributed by atoms with Crippen LogP contribution in [0.2, 0.25) is 0 Å². The minimum atomic E-state index is -3.24. The van der Waals surface area contributed by atoms with Gasteiger partial charge in [0.15, 0.2) is 0 Å². The van der Waals surface area contributed by atoms with E-state index in [1.165, 1.54) is 0 Å². The van der Waals surface area contributed by atoms with Gasteiger partial charge in [-0.25, -0.2) is 0 Å². The second-order valence-electron chi connectivity index (χ2n) is 1.71. The van der Waals surface area contributed by atoms with Gasteiger partial charge in [0, 0.05) is 31.1 Å². The summed E-state index contributed by atoms with van der Waals surface area (Å²) in [7, 11) is -19.4. The molecule has 0 radical (unpaired) electrons. The predicted octanol–water partition coefficient (Wildman–Crippen LogP) is -2.71. The van der Waals surface area contributed by atoms with Crippen LogP contribution in [0.4, 0.5) is 0 Å². The Morgan fingerprint density at radius 3 is 0.680 bits per heavy atom. The molecule has 16 nitrogen and oxygen atoms in total. The predicted molar refractivity (Wildman–Crippen MR) is 61.8 cm³/mol. The van der Waals surface area contributed by atoms with Crippen LogP contribution in [0.25, 0.3) is 0 Å². The minimum absolute atomic E-state index is 0. The Labute approximate surface area is 172 Å². The van der Waals surface area contributed by atoms with Crippen molar-refractivity contribution in [2.24, 2.45) is 0 Å². The molecule has 25 heavy (non-hydrogen) atoms. The molecule has 24 heteroatoms. The average molecular weight is 730 g/mol. The van der Waals surface area contributed by atoms with Crippen molar-refractivity contribution in [2.45, 2.75) is 0 Å². The Hall–Kier alpha value is 1.54. The minimum Gasteiger partial charge on any atom is -0.563 e. The summed E-state index contributed by atoms with van der Waals surface area (Å²) >= 11 is 4.55. The molecule has 0 aliphatic carbocycles. The van der Waals surface area contributed by atoms with Crippen LogP contribution >= 0.6 is 61.1 Å². The fourth-order valence-electron chi connectivity index (χ4n) is 0.163. The van der Waals surface area contributed by atoms with Crippen molar-refractivity contribution in [3.63, 3.8) is 0 Å². The van der Waals surface area contributed by atoms with E-state index in [2.05, 4.69) is 24.5 Å². The van der Waals surface area contributed by atoms with Crippen molar-refractivity contribution >= 4 is 61.1 Å². The van der Waals surface area contributed by atoms with E-state index in [0.29, 0.717) is 0 Å². The third kappa shape index (κ3) is 77.2. The van der Waals surface area contributed by atoms with Crippen LogP contribution in [0, 0.1) is 31.1 Å². The van der Waals surface area contributed by atoms with Crippen LogP contribution in [0.1, 0.15) is 0 Å². The van der Waals surface area contributed by atoms with Crippen LogP contribution in [-0.4, -0.2) is 11.2 Å². The Morgan fingerprint density at radius 2 is 0.680 bits per heavy atom. The van der Waals surface area contributed by atoms with Crippen molar-refractivity contribution in [3.8, 4) is 0 Å². The van der Waals surface area contributed by atoms with Crippen molar-refractivity contribution < 1.29 is 106 Å². The second kappa shape index (κ2) is 27.8. The van der Waals surface area contributed by atoms with Gasteiger partial charge in [-0.3, -0.25) is 0 Å². The summed E-state index contributed by atoms with van der Waals surface area (Å²) in [5.41, 5.74) is 0. The van der Waals surface area contributed by atoms with E-state index in [4.69, 9.17) is 5.11 Å². The van der Waals surface area contributed by atoms with Crippen LogP contribution in [0.15, 0.2) is 0 Å². The van der Waals surface area contributed by atoms with Crippen molar-refractivity contribution in [1.29, 1.82) is 0 Å². The molecule has 0 amide bonds. The van der Waals surface area contributed by atoms with Crippen LogP contribution in [-0.2, 0) is 40.3 Å². The Balaban J connectivity index is -0.0000000727. The normalized spacial score (nSPS) is 12.0. The molecule has 144 valence electrons. The molecular weight excluding hydrogens is 727 g/mol. The molecule has 1 N–H and O–H groups in total. The van der Waals surface area contributed by atoms with E-state index in [9.17, 15) is 56.8 Å². The van der Waals surface area contributed by atoms with Gasteiger partial charge in [-0.15, -0.1) is 0 Å². The second-order valence-corrected chi connectivity index (χ2v) is 6.59. The van der Waals surface area contributed by atoms with Crippen LogP contribution < -0.4 is 29.4 Å². The molecule has 0 bridgehead atoms. The van der Waals surface area contributed by atoms with Gasteiger partial charge in [-0.2, -0.15) is 0 Å². The molecule has 0 aliphatic heterocycles. The summed E-state index contributed by atoms with van der Waals surface area (Å²) in [6.07, 6.45) is 0. The van der Waals surface area contributed by atoms with Crippen molar-refractivity contribution in [1.82, 2.24) is 0 Å². The fourth-order valence-corrected chi connectivity index (χ4v) is 1.47. The largest absolute Gasteiger partial charge is 0.563 e. The summed E-state index contributed by atoms with van der Waals surface area (Å²) in [5.74, 6) is 0. The quantitative estimate of drug-likeness (QED) is 0.215.